The summed E-state index contributed by atoms with van der Waals surface area (Å²) in [4.78, 5) is 13.9. The topological polar surface area (TPSA) is 50.2 Å². The van der Waals surface area contributed by atoms with E-state index in [1.165, 1.54) is 10.9 Å². The molecule has 1 aromatic carbocycles. The fourth-order valence-electron chi connectivity index (χ4n) is 2.95. The van der Waals surface area contributed by atoms with Crippen molar-refractivity contribution in [2.24, 2.45) is 0 Å². The minimum atomic E-state index is -2.75. The van der Waals surface area contributed by atoms with E-state index < -0.39 is 6.43 Å². The molecule has 0 atom stereocenters. The van der Waals surface area contributed by atoms with Crippen LogP contribution in [0.3, 0.4) is 0 Å². The number of urea groups is 1. The number of benzene rings is 1. The number of para-hydroxylation sites is 1. The highest BCUT2D eigenvalue weighted by molar-refractivity contribution is 5.90. The van der Waals surface area contributed by atoms with Gasteiger partial charge in [-0.3, -0.25) is 0 Å². The maximum Gasteiger partial charge on any atom is 0.321 e. The Balaban J connectivity index is 1.89. The highest BCUT2D eigenvalue weighted by Crippen LogP contribution is 2.30. The van der Waals surface area contributed by atoms with E-state index in [9.17, 15) is 13.6 Å². The van der Waals surface area contributed by atoms with Gasteiger partial charge in [0, 0.05) is 13.1 Å². The first-order valence-electron chi connectivity index (χ1n) is 8.06. The molecular formula is C17H20F2N4O. The SMILES string of the molecule is Cc1ccccc1-n1ncc(NC(=O)N2CCCCC2)c1C(F)F. The van der Waals surface area contributed by atoms with Gasteiger partial charge < -0.3 is 10.2 Å². The number of anilines is 1. The summed E-state index contributed by atoms with van der Waals surface area (Å²) in [6, 6.07) is 6.82. The molecule has 1 N–H and O–H groups in total. The number of rotatable bonds is 3. The van der Waals surface area contributed by atoms with Gasteiger partial charge in [-0.15, -0.1) is 0 Å². The van der Waals surface area contributed by atoms with E-state index in [0.29, 0.717) is 18.8 Å². The quantitative estimate of drug-likeness (QED) is 0.917. The van der Waals surface area contributed by atoms with E-state index in [0.717, 1.165) is 24.8 Å². The van der Waals surface area contributed by atoms with Gasteiger partial charge in [0.15, 0.2) is 0 Å². The number of piperidine rings is 1. The predicted octanol–water partition coefficient (Wildman–Crippen LogP) is 4.14. The highest BCUT2D eigenvalue weighted by atomic mass is 19.3. The third kappa shape index (κ3) is 3.25. The van der Waals surface area contributed by atoms with Crippen molar-refractivity contribution in [3.8, 4) is 5.69 Å². The van der Waals surface area contributed by atoms with Crippen molar-refractivity contribution in [3.05, 3.63) is 41.7 Å². The number of carbonyl (C=O) groups excluding carboxylic acids is 1. The summed E-state index contributed by atoms with van der Waals surface area (Å²) in [6.45, 7) is 3.14. The lowest BCUT2D eigenvalue weighted by molar-refractivity contribution is 0.143. The second-order valence-corrected chi connectivity index (χ2v) is 5.92. The molecule has 7 heteroatoms. The van der Waals surface area contributed by atoms with Crippen molar-refractivity contribution < 1.29 is 13.6 Å². The fraction of sp³-hybridized carbons (Fsp3) is 0.412. The minimum Gasteiger partial charge on any atom is -0.325 e. The van der Waals surface area contributed by atoms with Crippen molar-refractivity contribution in [1.82, 2.24) is 14.7 Å². The fourth-order valence-corrected chi connectivity index (χ4v) is 2.95. The predicted molar refractivity (Wildman–Crippen MR) is 87.7 cm³/mol. The molecule has 1 aromatic heterocycles. The largest absolute Gasteiger partial charge is 0.325 e. The van der Waals surface area contributed by atoms with E-state index in [1.807, 2.05) is 19.1 Å². The van der Waals surface area contributed by atoms with Gasteiger partial charge in [0.05, 0.1) is 17.6 Å². The van der Waals surface area contributed by atoms with Crippen LogP contribution in [0.4, 0.5) is 19.3 Å². The van der Waals surface area contributed by atoms with Gasteiger partial charge in [0.2, 0.25) is 0 Å². The molecule has 3 rings (SSSR count). The Bertz CT molecular complexity index is 723. The van der Waals surface area contributed by atoms with Crippen molar-refractivity contribution in [2.75, 3.05) is 18.4 Å². The average molecular weight is 334 g/mol. The first-order valence-corrected chi connectivity index (χ1v) is 8.06. The lowest BCUT2D eigenvalue weighted by Gasteiger charge is -2.26. The monoisotopic (exact) mass is 334 g/mol. The molecule has 2 amide bonds. The molecule has 0 bridgehead atoms. The van der Waals surface area contributed by atoms with Crippen LogP contribution in [0.5, 0.6) is 0 Å². The third-order valence-electron chi connectivity index (χ3n) is 4.24. The number of hydrogen-bond acceptors (Lipinski definition) is 2. The first-order chi connectivity index (χ1) is 11.6. The zero-order chi connectivity index (χ0) is 17.1. The maximum atomic E-state index is 13.6. The van der Waals surface area contributed by atoms with Crippen LogP contribution in [0, 0.1) is 6.92 Å². The van der Waals surface area contributed by atoms with Crippen molar-refractivity contribution in [2.45, 2.75) is 32.6 Å². The molecule has 5 nitrogen and oxygen atoms in total. The molecule has 0 aliphatic carbocycles. The molecule has 2 aromatic rings. The van der Waals surface area contributed by atoms with E-state index >= 15 is 0 Å². The smallest absolute Gasteiger partial charge is 0.321 e. The molecule has 0 radical (unpaired) electrons. The standard InChI is InChI=1S/C17H20F2N4O/c1-12-7-3-4-8-14(12)23-15(16(18)19)13(11-20-23)21-17(24)22-9-5-2-6-10-22/h3-4,7-8,11,16H,2,5-6,9-10H2,1H3,(H,21,24). The maximum absolute atomic E-state index is 13.6. The van der Waals surface area contributed by atoms with E-state index in [1.54, 1.807) is 17.0 Å². The van der Waals surface area contributed by atoms with E-state index in [-0.39, 0.29) is 17.4 Å². The zero-order valence-electron chi connectivity index (χ0n) is 13.5. The summed E-state index contributed by atoms with van der Waals surface area (Å²) < 4.78 is 28.4. The lowest BCUT2D eigenvalue weighted by atomic mass is 10.1. The summed E-state index contributed by atoms with van der Waals surface area (Å²) in [7, 11) is 0. The van der Waals surface area contributed by atoms with E-state index in [2.05, 4.69) is 10.4 Å². The summed E-state index contributed by atoms with van der Waals surface area (Å²) in [6.07, 6.45) is 1.52. The van der Waals surface area contributed by atoms with Gasteiger partial charge >= 0.3 is 6.03 Å². The van der Waals surface area contributed by atoms with Gasteiger partial charge in [-0.2, -0.15) is 5.10 Å². The van der Waals surface area contributed by atoms with Gasteiger partial charge in [-0.05, 0) is 37.8 Å². The highest BCUT2D eigenvalue weighted by Gasteiger charge is 2.25. The molecule has 1 aliphatic heterocycles. The molecular weight excluding hydrogens is 314 g/mol. The molecule has 24 heavy (non-hydrogen) atoms. The number of halogens is 2. The number of aromatic nitrogens is 2. The summed E-state index contributed by atoms with van der Waals surface area (Å²) in [5, 5.41) is 6.66. The number of hydrogen-bond donors (Lipinski definition) is 1. The molecule has 0 spiro atoms. The zero-order valence-corrected chi connectivity index (χ0v) is 13.5. The lowest BCUT2D eigenvalue weighted by Crippen LogP contribution is -2.38. The summed E-state index contributed by atoms with van der Waals surface area (Å²) in [5.74, 6) is 0. The van der Waals surface area contributed by atoms with Crippen molar-refractivity contribution in [1.29, 1.82) is 0 Å². The van der Waals surface area contributed by atoms with Crippen LogP contribution >= 0.6 is 0 Å². The second kappa shape index (κ2) is 6.98. The number of alkyl halides is 2. The number of aryl methyl sites for hydroxylation is 1. The Hall–Kier alpha value is -2.44. The Morgan fingerprint density at radius 2 is 1.92 bits per heavy atom. The average Bonchev–Trinajstić information content (AvgIpc) is 2.99. The molecule has 0 unspecified atom stereocenters. The normalized spacial score (nSPS) is 14.9. The first kappa shape index (κ1) is 16.4. The molecule has 1 aliphatic rings. The van der Waals surface area contributed by atoms with Crippen molar-refractivity contribution in [3.63, 3.8) is 0 Å². The van der Waals surface area contributed by atoms with E-state index in [4.69, 9.17) is 0 Å². The Kier molecular flexibility index (Phi) is 4.78. The van der Waals surface area contributed by atoms with Gasteiger partial charge in [0.25, 0.3) is 6.43 Å². The Morgan fingerprint density at radius 3 is 2.58 bits per heavy atom. The Morgan fingerprint density at radius 1 is 1.21 bits per heavy atom. The molecule has 128 valence electrons. The van der Waals surface area contributed by atoms with Crippen LogP contribution < -0.4 is 5.32 Å². The second-order valence-electron chi connectivity index (χ2n) is 5.92. The third-order valence-corrected chi connectivity index (χ3v) is 4.24. The summed E-state index contributed by atoms with van der Waals surface area (Å²) in [5.41, 5.74) is 1.17. The van der Waals surface area contributed by atoms with Crippen molar-refractivity contribution >= 4 is 11.7 Å². The number of nitrogens with zero attached hydrogens (tertiary/aromatic N) is 3. The van der Waals surface area contributed by atoms with Gasteiger partial charge in [-0.25, -0.2) is 18.3 Å². The van der Waals surface area contributed by atoms with Crippen LogP contribution in [0.1, 0.15) is 36.9 Å². The molecule has 1 fully saturated rings. The van der Waals surface area contributed by atoms with Gasteiger partial charge in [-0.1, -0.05) is 18.2 Å². The molecule has 2 heterocycles. The van der Waals surface area contributed by atoms with Crippen LogP contribution in [0.25, 0.3) is 5.69 Å². The number of likely N-dealkylation sites (tertiary alicyclic amines) is 1. The van der Waals surface area contributed by atoms with Crippen LogP contribution in [0.2, 0.25) is 0 Å². The Labute approximate surface area is 139 Å². The van der Waals surface area contributed by atoms with Crippen LogP contribution in [0.15, 0.2) is 30.5 Å². The van der Waals surface area contributed by atoms with Gasteiger partial charge in [0.1, 0.15) is 5.69 Å². The number of carbonyl (C=O) groups is 1. The summed E-state index contributed by atoms with van der Waals surface area (Å²) >= 11 is 0. The molecule has 0 saturated carbocycles. The van der Waals surface area contributed by atoms with Crippen LogP contribution in [-0.4, -0.2) is 33.8 Å². The number of amides is 2. The molecule has 1 saturated heterocycles. The minimum absolute atomic E-state index is 0.0591. The van der Waals surface area contributed by atoms with Crippen LogP contribution in [-0.2, 0) is 0 Å². The number of nitrogens with one attached hydrogen (secondary N) is 1.